The van der Waals surface area contributed by atoms with Gasteiger partial charge in [-0.05, 0) is 13.0 Å². The molecule has 7 nitrogen and oxygen atoms in total. The van der Waals surface area contributed by atoms with Crippen molar-refractivity contribution in [3.8, 4) is 0 Å². The minimum atomic E-state index is -1.06. The number of nitrogens with zero attached hydrogens (tertiary/aromatic N) is 2. The van der Waals surface area contributed by atoms with Crippen molar-refractivity contribution >= 4 is 23.1 Å². The van der Waals surface area contributed by atoms with Gasteiger partial charge in [-0.25, -0.2) is 4.98 Å². The van der Waals surface area contributed by atoms with Crippen LogP contribution >= 0.6 is 11.6 Å². The van der Waals surface area contributed by atoms with Gasteiger partial charge >= 0.3 is 5.69 Å². The minimum Gasteiger partial charge on any atom is -0.388 e. The normalized spacial score (nSPS) is 13.9. The summed E-state index contributed by atoms with van der Waals surface area (Å²) in [5, 5.41) is 23.7. The van der Waals surface area contributed by atoms with Crippen LogP contribution in [0.25, 0.3) is 0 Å². The zero-order valence-electron chi connectivity index (χ0n) is 10.7. The van der Waals surface area contributed by atoms with E-state index in [1.165, 1.54) is 19.2 Å². The number of rotatable bonds is 7. The lowest BCUT2D eigenvalue weighted by atomic mass is 10.0. The van der Waals surface area contributed by atoms with E-state index in [9.17, 15) is 15.2 Å². The number of halogens is 1. The Hall–Kier alpha value is -1.44. The molecule has 1 atom stereocenters. The maximum Gasteiger partial charge on any atom is 0.311 e. The summed E-state index contributed by atoms with van der Waals surface area (Å²) < 4.78 is 4.88. The fourth-order valence-electron chi connectivity index (χ4n) is 1.39. The van der Waals surface area contributed by atoms with Crippen LogP contribution in [0.4, 0.5) is 11.5 Å². The molecule has 0 aliphatic rings. The number of pyridine rings is 1. The summed E-state index contributed by atoms with van der Waals surface area (Å²) >= 11 is 5.70. The van der Waals surface area contributed by atoms with Crippen molar-refractivity contribution in [2.24, 2.45) is 0 Å². The number of anilines is 1. The Morgan fingerprint density at radius 2 is 2.32 bits per heavy atom. The number of methoxy groups -OCH3 is 1. The zero-order chi connectivity index (χ0) is 14.5. The highest BCUT2D eigenvalue weighted by molar-refractivity contribution is 6.29. The number of ether oxygens (including phenoxy) is 1. The predicted octanol–water partition coefficient (Wildman–Crippen LogP) is 1.84. The maximum atomic E-state index is 10.8. The maximum absolute atomic E-state index is 10.8. The Balaban J connectivity index is 2.76. The summed E-state index contributed by atoms with van der Waals surface area (Å²) in [4.78, 5) is 14.1. The molecular weight excluding hydrogens is 274 g/mol. The summed E-state index contributed by atoms with van der Waals surface area (Å²) in [6.07, 6.45) is 0.394. The van der Waals surface area contributed by atoms with E-state index in [1.54, 1.807) is 6.92 Å². The highest BCUT2D eigenvalue weighted by atomic mass is 35.5. The number of nitrogens with one attached hydrogen (secondary N) is 1. The monoisotopic (exact) mass is 289 g/mol. The van der Waals surface area contributed by atoms with E-state index in [-0.39, 0.29) is 23.2 Å². The number of hydrogen-bond donors (Lipinski definition) is 2. The first kappa shape index (κ1) is 15.6. The Bertz CT molecular complexity index is 454. The van der Waals surface area contributed by atoms with Crippen LogP contribution in [0.3, 0.4) is 0 Å². The molecule has 106 valence electrons. The largest absolute Gasteiger partial charge is 0.388 e. The van der Waals surface area contributed by atoms with Gasteiger partial charge in [0.1, 0.15) is 5.15 Å². The topological polar surface area (TPSA) is 97.5 Å². The quantitative estimate of drug-likeness (QED) is 0.451. The van der Waals surface area contributed by atoms with Crippen LogP contribution in [0, 0.1) is 10.1 Å². The smallest absolute Gasteiger partial charge is 0.311 e. The minimum absolute atomic E-state index is 0.0372. The van der Waals surface area contributed by atoms with Gasteiger partial charge in [-0.2, -0.15) is 0 Å². The average Bonchev–Trinajstić information content (AvgIpc) is 2.34. The summed E-state index contributed by atoms with van der Waals surface area (Å²) in [6, 6.07) is 2.61. The SMILES string of the molecule is COCCC(C)(O)CNc1nc(Cl)ccc1[N+](=O)[O-]. The van der Waals surface area contributed by atoms with Gasteiger partial charge in [0.25, 0.3) is 0 Å². The van der Waals surface area contributed by atoms with E-state index in [1.807, 2.05) is 0 Å². The van der Waals surface area contributed by atoms with E-state index < -0.39 is 10.5 Å². The van der Waals surface area contributed by atoms with Crippen molar-refractivity contribution in [2.75, 3.05) is 25.6 Å². The Labute approximate surface area is 115 Å². The second kappa shape index (κ2) is 6.65. The molecule has 0 aromatic carbocycles. The molecule has 19 heavy (non-hydrogen) atoms. The summed E-state index contributed by atoms with van der Waals surface area (Å²) in [7, 11) is 1.53. The molecule has 0 saturated carbocycles. The van der Waals surface area contributed by atoms with E-state index in [0.717, 1.165) is 0 Å². The van der Waals surface area contributed by atoms with Crippen molar-refractivity contribution < 1.29 is 14.8 Å². The number of hydrogen-bond acceptors (Lipinski definition) is 6. The zero-order valence-corrected chi connectivity index (χ0v) is 11.5. The Morgan fingerprint density at radius 1 is 1.63 bits per heavy atom. The second-order valence-electron chi connectivity index (χ2n) is 4.35. The van der Waals surface area contributed by atoms with Crippen LogP contribution in [0.5, 0.6) is 0 Å². The van der Waals surface area contributed by atoms with Crippen LogP contribution in [0.1, 0.15) is 13.3 Å². The summed E-state index contributed by atoms with van der Waals surface area (Å²) in [5.41, 5.74) is -1.25. The van der Waals surface area contributed by atoms with Gasteiger partial charge in [0, 0.05) is 32.7 Å². The van der Waals surface area contributed by atoms with E-state index >= 15 is 0 Å². The average molecular weight is 290 g/mol. The third-order valence-electron chi connectivity index (χ3n) is 2.52. The third kappa shape index (κ3) is 4.98. The molecule has 0 aliphatic carbocycles. The van der Waals surface area contributed by atoms with E-state index in [0.29, 0.717) is 13.0 Å². The lowest BCUT2D eigenvalue weighted by Crippen LogP contribution is -2.35. The molecule has 0 radical (unpaired) electrons. The number of aromatic nitrogens is 1. The predicted molar refractivity (Wildman–Crippen MR) is 71.5 cm³/mol. The molecule has 0 spiro atoms. The highest BCUT2D eigenvalue weighted by Crippen LogP contribution is 2.24. The second-order valence-corrected chi connectivity index (χ2v) is 4.74. The first-order valence-electron chi connectivity index (χ1n) is 5.62. The standard InChI is InChI=1S/C11H16ClN3O4/c1-11(16,5-6-19-2)7-13-10-8(15(17)18)3-4-9(12)14-10/h3-4,16H,5-7H2,1-2H3,(H,13,14). The van der Waals surface area contributed by atoms with Crippen molar-refractivity contribution in [3.63, 3.8) is 0 Å². The molecule has 1 aromatic heterocycles. The molecule has 1 rings (SSSR count). The lowest BCUT2D eigenvalue weighted by molar-refractivity contribution is -0.384. The number of nitro groups is 1. The van der Waals surface area contributed by atoms with Gasteiger partial charge in [-0.3, -0.25) is 10.1 Å². The van der Waals surface area contributed by atoms with Crippen molar-refractivity contribution in [1.29, 1.82) is 0 Å². The summed E-state index contributed by atoms with van der Waals surface area (Å²) in [5.74, 6) is 0.0372. The first-order valence-corrected chi connectivity index (χ1v) is 5.99. The van der Waals surface area contributed by atoms with Gasteiger partial charge in [-0.1, -0.05) is 11.6 Å². The Kier molecular flexibility index (Phi) is 5.46. The lowest BCUT2D eigenvalue weighted by Gasteiger charge is -2.23. The molecule has 0 fully saturated rings. The van der Waals surface area contributed by atoms with Crippen molar-refractivity contribution in [3.05, 3.63) is 27.4 Å². The molecule has 1 unspecified atom stereocenters. The first-order chi connectivity index (χ1) is 8.85. The Morgan fingerprint density at radius 3 is 2.89 bits per heavy atom. The molecule has 1 aromatic rings. The van der Waals surface area contributed by atoms with Crippen LogP contribution < -0.4 is 5.32 Å². The van der Waals surface area contributed by atoms with Gasteiger partial charge in [0.2, 0.25) is 5.82 Å². The van der Waals surface area contributed by atoms with Crippen molar-refractivity contribution in [1.82, 2.24) is 4.98 Å². The van der Waals surface area contributed by atoms with E-state index in [2.05, 4.69) is 10.3 Å². The van der Waals surface area contributed by atoms with Crippen LogP contribution in [-0.4, -0.2) is 40.9 Å². The van der Waals surface area contributed by atoms with Gasteiger partial charge in [0.15, 0.2) is 0 Å². The molecule has 2 N–H and O–H groups in total. The number of aliphatic hydroxyl groups is 1. The third-order valence-corrected chi connectivity index (χ3v) is 2.73. The van der Waals surface area contributed by atoms with Crippen LogP contribution in [0.15, 0.2) is 12.1 Å². The molecular formula is C11H16ClN3O4. The van der Waals surface area contributed by atoms with Crippen molar-refractivity contribution in [2.45, 2.75) is 18.9 Å². The fourth-order valence-corrected chi connectivity index (χ4v) is 1.54. The molecule has 8 heteroatoms. The molecule has 1 heterocycles. The van der Waals surface area contributed by atoms with Gasteiger partial charge < -0.3 is 15.2 Å². The van der Waals surface area contributed by atoms with Gasteiger partial charge in [0.05, 0.1) is 10.5 Å². The van der Waals surface area contributed by atoms with Crippen LogP contribution in [0.2, 0.25) is 5.15 Å². The molecule has 0 aliphatic heterocycles. The molecule has 0 amide bonds. The van der Waals surface area contributed by atoms with E-state index in [4.69, 9.17) is 16.3 Å². The fraction of sp³-hybridized carbons (Fsp3) is 0.545. The van der Waals surface area contributed by atoms with Gasteiger partial charge in [-0.15, -0.1) is 0 Å². The summed E-state index contributed by atoms with van der Waals surface area (Å²) in [6.45, 7) is 2.10. The highest BCUT2D eigenvalue weighted by Gasteiger charge is 2.23. The van der Waals surface area contributed by atoms with Crippen LogP contribution in [-0.2, 0) is 4.74 Å². The molecule has 0 bridgehead atoms. The molecule has 0 saturated heterocycles.